The zero-order chi connectivity index (χ0) is 33.9. The van der Waals surface area contributed by atoms with Crippen LogP contribution in [0.15, 0.2) is 0 Å². The van der Waals surface area contributed by atoms with Gasteiger partial charge < -0.3 is 18.1 Å². The van der Waals surface area contributed by atoms with Crippen molar-refractivity contribution >= 4 is 14.6 Å². The van der Waals surface area contributed by atoms with Gasteiger partial charge in [-0.2, -0.15) is 74.6 Å². The molecule has 22 heteroatoms. The van der Waals surface area contributed by atoms with E-state index >= 15 is 0 Å². The molecule has 4 nitrogen and oxygen atoms in total. The highest BCUT2D eigenvalue weighted by Gasteiger charge is 2.95. The van der Waals surface area contributed by atoms with Crippen molar-refractivity contribution in [3.8, 4) is 0 Å². The van der Waals surface area contributed by atoms with E-state index in [9.17, 15) is 79.4 Å². The summed E-state index contributed by atoms with van der Waals surface area (Å²) in [5, 5.41) is 0. The molecule has 0 radical (unpaired) electrons. The largest absolute Gasteiger partial charge is 0.581 e. The van der Waals surface area contributed by atoms with Crippen molar-refractivity contribution in [2.24, 2.45) is 5.92 Å². The summed E-state index contributed by atoms with van der Waals surface area (Å²) in [5.74, 6) is -46.8. The van der Waals surface area contributed by atoms with E-state index in [-0.39, 0.29) is 27.1 Å². The maximum Gasteiger partial charge on any atom is 0.581 e. The van der Waals surface area contributed by atoms with Gasteiger partial charge in [0.05, 0.1) is 0 Å². The van der Waals surface area contributed by atoms with Crippen LogP contribution in [-0.4, -0.2) is 83.2 Å². The van der Waals surface area contributed by atoms with Gasteiger partial charge in [-0.15, -0.1) is 0 Å². The smallest absolute Gasteiger partial charge is 0.373 e. The predicted octanol–water partition coefficient (Wildman–Crippen LogP) is 7.81. The maximum atomic E-state index is 14.1. The number of rotatable bonds is 14. The molecule has 0 aliphatic carbocycles. The van der Waals surface area contributed by atoms with E-state index in [1.54, 1.807) is 6.92 Å². The number of Topliss-reactive ketones (excluding diaryl/α,β-unsaturated/α-hetero) is 1. The Labute approximate surface area is 222 Å². The van der Waals surface area contributed by atoms with Crippen LogP contribution in [0.25, 0.3) is 0 Å². The topological polar surface area (TPSA) is 44.8 Å². The molecular formula is C19H25F17O4Si. The predicted molar refractivity (Wildman–Crippen MR) is 107 cm³/mol. The number of halogens is 17. The molecule has 0 spiro atoms. The van der Waals surface area contributed by atoms with Gasteiger partial charge in [-0.05, 0) is 12.8 Å². The molecular weight excluding hydrogens is 643 g/mol. The lowest BCUT2D eigenvalue weighted by molar-refractivity contribution is -0.438. The molecule has 0 saturated carbocycles. The summed E-state index contributed by atoms with van der Waals surface area (Å²) in [6.45, 7) is 5.71. The van der Waals surface area contributed by atoms with Gasteiger partial charge in [0.15, 0.2) is 0 Å². The minimum absolute atomic E-state index is 0.0312. The highest BCUT2D eigenvalue weighted by atomic mass is 28.4. The third-order valence-electron chi connectivity index (χ3n) is 5.04. The second-order valence-electron chi connectivity index (χ2n) is 8.73. The molecule has 41 heavy (non-hydrogen) atoms. The van der Waals surface area contributed by atoms with Gasteiger partial charge in [-0.25, -0.2) is 0 Å². The molecule has 0 amide bonds. The lowest BCUT2D eigenvalue weighted by Gasteiger charge is -2.44. The minimum Gasteiger partial charge on any atom is -0.373 e. The summed E-state index contributed by atoms with van der Waals surface area (Å²) < 4.78 is 239. The number of hydrogen-bond donors (Lipinski definition) is 0. The van der Waals surface area contributed by atoms with Gasteiger partial charge in [0.1, 0.15) is 5.78 Å². The van der Waals surface area contributed by atoms with Crippen LogP contribution < -0.4 is 0 Å². The van der Waals surface area contributed by atoms with Gasteiger partial charge in [-0.1, -0.05) is 13.8 Å². The fourth-order valence-corrected chi connectivity index (χ4v) is 4.69. The van der Waals surface area contributed by atoms with Crippen LogP contribution in [0.3, 0.4) is 0 Å². The Hall–Kier alpha value is -1.42. The summed E-state index contributed by atoms with van der Waals surface area (Å²) in [4.78, 5) is 10.3. The molecule has 0 N–H and O–H groups in total. The van der Waals surface area contributed by atoms with Gasteiger partial charge in [0, 0.05) is 40.6 Å². The molecule has 0 atom stereocenters. The van der Waals surface area contributed by atoms with Crippen molar-refractivity contribution in [2.45, 2.75) is 87.3 Å². The summed E-state index contributed by atoms with van der Waals surface area (Å²) in [7, 11) is -6.45. The van der Waals surface area contributed by atoms with E-state index in [1.807, 2.05) is 13.8 Å². The number of alkyl halides is 17. The summed E-state index contributed by atoms with van der Waals surface area (Å²) >= 11 is 0. The van der Waals surface area contributed by atoms with Gasteiger partial charge in [0.25, 0.3) is 0 Å². The average molecular weight is 668 g/mol. The van der Waals surface area contributed by atoms with Crippen molar-refractivity contribution in [1.82, 2.24) is 0 Å². The zero-order valence-corrected chi connectivity index (χ0v) is 22.8. The van der Waals surface area contributed by atoms with Crippen LogP contribution in [0.4, 0.5) is 74.6 Å². The molecule has 0 aliphatic rings. The fraction of sp³-hybridized carbons (Fsp3) is 0.947. The van der Waals surface area contributed by atoms with Gasteiger partial charge in [0.2, 0.25) is 0 Å². The van der Waals surface area contributed by atoms with E-state index in [2.05, 4.69) is 13.3 Å². The Morgan fingerprint density at radius 1 is 0.585 bits per heavy atom. The minimum atomic E-state index is -8.44. The fourth-order valence-electron chi connectivity index (χ4n) is 2.88. The second-order valence-corrected chi connectivity index (χ2v) is 11.7. The Morgan fingerprint density at radius 3 is 1.15 bits per heavy atom. The molecule has 0 fully saturated rings. The average Bonchev–Trinajstić information content (AvgIpc) is 2.77. The first kappa shape index (κ1) is 41.7. The third-order valence-corrected chi connectivity index (χ3v) is 7.74. The van der Waals surface area contributed by atoms with Gasteiger partial charge >= 0.3 is 56.1 Å². The number of carbonyl (C=O) groups excluding carboxylic acids is 1. The van der Waals surface area contributed by atoms with Crippen LogP contribution in [-0.2, 0) is 18.1 Å². The molecule has 0 bridgehead atoms. The Kier molecular flexibility index (Phi) is 13.3. The van der Waals surface area contributed by atoms with E-state index in [4.69, 9.17) is 0 Å². The molecule has 0 aliphatic heterocycles. The first-order valence-electron chi connectivity index (χ1n) is 10.6. The van der Waals surface area contributed by atoms with E-state index < -0.39 is 68.9 Å². The van der Waals surface area contributed by atoms with Crippen LogP contribution in [0.2, 0.25) is 0 Å². The number of ketones is 1. The van der Waals surface area contributed by atoms with E-state index in [1.165, 1.54) is 0 Å². The van der Waals surface area contributed by atoms with Crippen molar-refractivity contribution in [2.75, 3.05) is 21.3 Å². The molecule has 0 aromatic heterocycles. The SMILES string of the molecule is CC(=O)CC(C)C.CO[Si](OC)(OC)C(F)(F)C(F)(F)C(F)(F)C(F)(F)C(F)(F)C(F)(F)C(F)(F)CCC(F)(F)F. The number of carbonyl (C=O) groups is 1. The van der Waals surface area contributed by atoms with Crippen LogP contribution in [0.1, 0.15) is 40.0 Å². The van der Waals surface area contributed by atoms with Crippen molar-refractivity contribution in [1.29, 1.82) is 0 Å². The zero-order valence-electron chi connectivity index (χ0n) is 21.8. The molecule has 0 aromatic rings. The molecule has 0 rings (SSSR count). The number of hydrogen-bond acceptors (Lipinski definition) is 4. The Morgan fingerprint density at radius 2 is 0.902 bits per heavy atom. The molecule has 0 heterocycles. The first-order chi connectivity index (χ1) is 17.8. The summed E-state index contributed by atoms with van der Waals surface area (Å²) in [5.41, 5.74) is -6.80. The van der Waals surface area contributed by atoms with E-state index in [0.29, 0.717) is 5.92 Å². The summed E-state index contributed by atoms with van der Waals surface area (Å²) in [6, 6.07) is 0. The van der Waals surface area contributed by atoms with Gasteiger partial charge in [-0.3, -0.25) is 0 Å². The highest BCUT2D eigenvalue weighted by Crippen LogP contribution is 2.63. The lowest BCUT2D eigenvalue weighted by Crippen LogP contribution is -2.77. The lowest BCUT2D eigenvalue weighted by atomic mass is 9.90. The molecule has 0 unspecified atom stereocenters. The van der Waals surface area contributed by atoms with Crippen molar-refractivity contribution in [3.05, 3.63) is 0 Å². The van der Waals surface area contributed by atoms with E-state index in [0.717, 1.165) is 6.42 Å². The van der Waals surface area contributed by atoms with Crippen molar-refractivity contribution in [3.63, 3.8) is 0 Å². The highest BCUT2D eigenvalue weighted by molar-refractivity contribution is 6.63. The molecule has 0 saturated heterocycles. The molecule has 248 valence electrons. The molecule has 0 aromatic carbocycles. The Balaban J connectivity index is 0. The second kappa shape index (κ2) is 13.1. The van der Waals surface area contributed by atoms with Crippen LogP contribution >= 0.6 is 0 Å². The Bertz CT molecular complexity index is 847. The monoisotopic (exact) mass is 668 g/mol. The van der Waals surface area contributed by atoms with Crippen molar-refractivity contribution < 1.29 is 92.7 Å². The first-order valence-corrected chi connectivity index (χ1v) is 12.4. The summed E-state index contributed by atoms with van der Waals surface area (Å²) in [6.07, 6.45) is -11.5. The standard InChI is InChI=1S/C13H13F17O3Si.C6H12O/c1-31-34(32-2,33-3)13(29,30)12(27,28)11(25,26)10(23,24)9(21,22)8(19,20)6(14,15)4-5-7(16,17)18;1-5(2)4-6(3)7/h4-5H2,1-3H3;5H,4H2,1-3H3. The van der Waals surface area contributed by atoms with Crippen LogP contribution in [0, 0.1) is 5.92 Å². The quantitative estimate of drug-likeness (QED) is 0.140. The normalized spacial score (nSPS) is 15.1. The van der Waals surface area contributed by atoms with Crippen LogP contribution in [0.5, 0.6) is 0 Å². The maximum absolute atomic E-state index is 14.1. The third kappa shape index (κ3) is 7.76.